The normalized spacial score (nSPS) is 23.2. The van der Waals surface area contributed by atoms with E-state index in [1.807, 2.05) is 6.92 Å². The van der Waals surface area contributed by atoms with Crippen LogP contribution in [0, 0.1) is 0 Å². The third-order valence-corrected chi connectivity index (χ3v) is 6.54. The summed E-state index contributed by atoms with van der Waals surface area (Å²) in [4.78, 5) is 10.6. The second kappa shape index (κ2) is 9.00. The van der Waals surface area contributed by atoms with E-state index in [9.17, 15) is 18.3 Å². The van der Waals surface area contributed by atoms with Crippen LogP contribution >= 0.6 is 0 Å². The molecule has 26 heavy (non-hydrogen) atoms. The molecule has 0 spiro atoms. The molecule has 1 aliphatic carbocycles. The molecule has 1 atom stereocenters. The van der Waals surface area contributed by atoms with Gasteiger partial charge in [-0.25, -0.2) is 17.9 Å². The van der Waals surface area contributed by atoms with Gasteiger partial charge in [0.15, 0.2) is 0 Å². The quantitative estimate of drug-likeness (QED) is 0.463. The Kier molecular flexibility index (Phi) is 7.59. The molecular formula is C19H27NO5S. The highest BCUT2D eigenvalue weighted by atomic mass is 32.2. The molecule has 1 rings (SSSR count). The van der Waals surface area contributed by atoms with Crippen LogP contribution in [0.5, 0.6) is 0 Å². The average molecular weight is 381 g/mol. The van der Waals surface area contributed by atoms with Crippen molar-refractivity contribution < 1.29 is 23.4 Å². The first kappa shape index (κ1) is 21.9. The van der Waals surface area contributed by atoms with Gasteiger partial charge in [0.2, 0.25) is 10.0 Å². The van der Waals surface area contributed by atoms with E-state index in [1.54, 1.807) is 44.2 Å². The second-order valence-corrected chi connectivity index (χ2v) is 8.80. The molecule has 0 saturated heterocycles. The van der Waals surface area contributed by atoms with Gasteiger partial charge in [0.1, 0.15) is 4.75 Å². The van der Waals surface area contributed by atoms with Crippen molar-refractivity contribution in [3.05, 3.63) is 58.9 Å². The Hall–Kier alpha value is -2.12. The van der Waals surface area contributed by atoms with Gasteiger partial charge in [-0.15, -0.1) is 0 Å². The molecule has 1 aliphatic rings. The second-order valence-electron chi connectivity index (χ2n) is 6.48. The smallest absolute Gasteiger partial charge is 0.328 e. The summed E-state index contributed by atoms with van der Waals surface area (Å²) in [5.41, 5.74) is 1.84. The van der Waals surface area contributed by atoms with Crippen molar-refractivity contribution in [2.45, 2.75) is 44.8 Å². The Bertz CT molecular complexity index is 800. The van der Waals surface area contributed by atoms with E-state index in [0.717, 1.165) is 11.6 Å². The van der Waals surface area contributed by atoms with Crippen molar-refractivity contribution in [1.29, 1.82) is 0 Å². The summed E-state index contributed by atoms with van der Waals surface area (Å²) < 4.78 is 26.1. The number of aliphatic hydroxyl groups is 1. The molecule has 7 heteroatoms. The van der Waals surface area contributed by atoms with Crippen LogP contribution in [0.3, 0.4) is 0 Å². The van der Waals surface area contributed by atoms with Gasteiger partial charge in [-0.1, -0.05) is 36.0 Å². The fourth-order valence-electron chi connectivity index (χ4n) is 2.81. The highest BCUT2D eigenvalue weighted by Crippen LogP contribution is 2.39. The fraction of sp³-hybridized carbons (Fsp3) is 0.421. The number of rotatable bonds is 7. The van der Waals surface area contributed by atoms with Crippen LogP contribution < -0.4 is 4.72 Å². The Labute approximate surface area is 155 Å². The zero-order valence-electron chi connectivity index (χ0n) is 15.6. The predicted molar refractivity (Wildman–Crippen MR) is 103 cm³/mol. The number of sulfonamides is 1. The number of hydrogen-bond acceptors (Lipinski definition) is 4. The SMILES string of the molecule is CNS(=O)(=O)[C@@]1(C)CCCC(O)=C1/C=C/C(C)=C/C=C/C(C)=C/C(=O)O. The molecule has 0 heterocycles. The third kappa shape index (κ3) is 5.44. The monoisotopic (exact) mass is 381 g/mol. The van der Waals surface area contributed by atoms with E-state index < -0.39 is 20.7 Å². The maximum absolute atomic E-state index is 12.4. The molecular weight excluding hydrogens is 354 g/mol. The number of hydrogen-bond donors (Lipinski definition) is 3. The molecule has 0 aromatic rings. The summed E-state index contributed by atoms with van der Waals surface area (Å²) in [6.07, 6.45) is 11.1. The molecule has 0 saturated carbocycles. The van der Waals surface area contributed by atoms with E-state index in [0.29, 0.717) is 30.4 Å². The molecule has 0 amide bonds. The summed E-state index contributed by atoms with van der Waals surface area (Å²) in [6, 6.07) is 0. The Morgan fingerprint density at radius 2 is 1.88 bits per heavy atom. The van der Waals surface area contributed by atoms with Gasteiger partial charge < -0.3 is 10.2 Å². The number of aliphatic hydroxyl groups excluding tert-OH is 1. The van der Waals surface area contributed by atoms with Crippen LogP contribution in [0.25, 0.3) is 0 Å². The van der Waals surface area contributed by atoms with E-state index in [-0.39, 0.29) is 5.76 Å². The summed E-state index contributed by atoms with van der Waals surface area (Å²) in [5, 5.41) is 18.9. The summed E-state index contributed by atoms with van der Waals surface area (Å²) in [5.74, 6) is -0.908. The van der Waals surface area contributed by atoms with E-state index in [4.69, 9.17) is 5.11 Å². The number of nitrogens with one attached hydrogen (secondary N) is 1. The molecule has 0 fully saturated rings. The Balaban J connectivity index is 3.08. The summed E-state index contributed by atoms with van der Waals surface area (Å²) in [6.45, 7) is 5.14. The first-order valence-corrected chi connectivity index (χ1v) is 9.82. The standard InChI is InChI=1S/C19H27NO5S/c1-14(7-5-8-15(2)13-18(22)23)10-11-16-17(21)9-6-12-19(16,3)26(24,25)20-4/h5,7-8,10-11,13,20-21H,6,9,12H2,1-4H3,(H,22,23)/b8-5+,11-10+,14-7+,15-13+/t19-/m0/s1. The minimum absolute atomic E-state index is 0.0948. The van der Waals surface area contributed by atoms with Gasteiger partial charge in [0, 0.05) is 18.1 Å². The van der Waals surface area contributed by atoms with Crippen molar-refractivity contribution >= 4 is 16.0 Å². The van der Waals surface area contributed by atoms with Crippen LogP contribution in [0.1, 0.15) is 40.0 Å². The zero-order valence-corrected chi connectivity index (χ0v) is 16.4. The summed E-state index contributed by atoms with van der Waals surface area (Å²) in [7, 11) is -2.23. The fourth-order valence-corrected chi connectivity index (χ4v) is 4.15. The lowest BCUT2D eigenvalue weighted by Crippen LogP contribution is -2.45. The van der Waals surface area contributed by atoms with Crippen LogP contribution in [-0.4, -0.2) is 36.4 Å². The van der Waals surface area contributed by atoms with E-state index in [1.165, 1.54) is 7.05 Å². The predicted octanol–water partition coefficient (Wildman–Crippen LogP) is 3.38. The number of carboxylic acid groups (broad SMARTS) is 1. The van der Waals surface area contributed by atoms with Crippen LogP contribution in [0.15, 0.2) is 58.9 Å². The minimum Gasteiger partial charge on any atom is -0.512 e. The average Bonchev–Trinajstić information content (AvgIpc) is 2.53. The van der Waals surface area contributed by atoms with Gasteiger partial charge in [-0.2, -0.15) is 0 Å². The van der Waals surface area contributed by atoms with Crippen molar-refractivity contribution in [3.63, 3.8) is 0 Å². The largest absolute Gasteiger partial charge is 0.512 e. The number of carbonyl (C=O) groups is 1. The zero-order chi connectivity index (χ0) is 20.0. The van der Waals surface area contributed by atoms with Crippen molar-refractivity contribution in [3.8, 4) is 0 Å². The first-order valence-electron chi connectivity index (χ1n) is 8.33. The number of carboxylic acids is 1. The maximum Gasteiger partial charge on any atom is 0.328 e. The molecule has 0 radical (unpaired) electrons. The Morgan fingerprint density at radius 1 is 1.23 bits per heavy atom. The number of aliphatic carboxylic acids is 1. The lowest BCUT2D eigenvalue weighted by Gasteiger charge is -2.34. The molecule has 0 aromatic heterocycles. The van der Waals surface area contributed by atoms with Crippen molar-refractivity contribution in [2.24, 2.45) is 0 Å². The molecule has 0 aromatic carbocycles. The van der Waals surface area contributed by atoms with Crippen LogP contribution in [-0.2, 0) is 14.8 Å². The van der Waals surface area contributed by atoms with Gasteiger partial charge in [-0.3, -0.25) is 0 Å². The van der Waals surface area contributed by atoms with Crippen molar-refractivity contribution in [2.75, 3.05) is 7.05 Å². The lowest BCUT2D eigenvalue weighted by atomic mass is 9.86. The highest BCUT2D eigenvalue weighted by Gasteiger charge is 2.44. The van der Waals surface area contributed by atoms with Crippen LogP contribution in [0.4, 0.5) is 0 Å². The molecule has 0 bridgehead atoms. The minimum atomic E-state index is -3.61. The molecule has 144 valence electrons. The Morgan fingerprint density at radius 3 is 2.46 bits per heavy atom. The molecule has 3 N–H and O–H groups in total. The highest BCUT2D eigenvalue weighted by molar-refractivity contribution is 7.91. The van der Waals surface area contributed by atoms with Gasteiger partial charge in [0.25, 0.3) is 0 Å². The maximum atomic E-state index is 12.4. The molecule has 6 nitrogen and oxygen atoms in total. The lowest BCUT2D eigenvalue weighted by molar-refractivity contribution is -0.131. The van der Waals surface area contributed by atoms with Crippen molar-refractivity contribution in [1.82, 2.24) is 4.72 Å². The number of allylic oxidation sites excluding steroid dienone is 8. The molecule has 0 unspecified atom stereocenters. The molecule has 0 aliphatic heterocycles. The first-order chi connectivity index (χ1) is 12.0. The van der Waals surface area contributed by atoms with E-state index in [2.05, 4.69) is 4.72 Å². The van der Waals surface area contributed by atoms with E-state index >= 15 is 0 Å². The van der Waals surface area contributed by atoms with Gasteiger partial charge in [-0.05, 0) is 46.2 Å². The summed E-state index contributed by atoms with van der Waals surface area (Å²) >= 11 is 0. The van der Waals surface area contributed by atoms with Crippen LogP contribution in [0.2, 0.25) is 0 Å². The third-order valence-electron chi connectivity index (χ3n) is 4.39. The van der Waals surface area contributed by atoms with Gasteiger partial charge in [0.05, 0.1) is 5.76 Å². The van der Waals surface area contributed by atoms with Gasteiger partial charge >= 0.3 is 5.97 Å². The topological polar surface area (TPSA) is 104 Å².